The van der Waals surface area contributed by atoms with Crippen LogP contribution in [0.4, 0.5) is 11.5 Å². The molecule has 1 aromatic rings. The number of hydrogen-bond donors (Lipinski definition) is 4. The average Bonchev–Trinajstić information content (AvgIpc) is 2.09. The van der Waals surface area contributed by atoms with Gasteiger partial charge in [-0.15, -0.1) is 0 Å². The maximum absolute atomic E-state index is 11.2. The Kier molecular flexibility index (Phi) is 3.11. The maximum atomic E-state index is 11.2. The molecule has 1 aromatic heterocycles. The first-order valence-corrected chi connectivity index (χ1v) is 4.12. The molecule has 0 unspecified atom stereocenters. The zero-order chi connectivity index (χ0) is 10.6. The van der Waals surface area contributed by atoms with Crippen LogP contribution in [0.2, 0.25) is 0 Å². The number of aromatic amines is 2. The third-order valence-electron chi connectivity index (χ3n) is 1.60. The molecule has 0 amide bonds. The Balaban J connectivity index is 2.97. The number of nitrogens with one attached hydrogen (secondary N) is 3. The predicted molar refractivity (Wildman–Crippen MR) is 55.4 cm³/mol. The predicted octanol–water partition coefficient (Wildman–Crippen LogP) is -0.367. The molecule has 5 N–H and O–H groups in total. The Morgan fingerprint density at radius 1 is 1.43 bits per heavy atom. The molecule has 0 spiro atoms. The van der Waals surface area contributed by atoms with Crippen molar-refractivity contribution in [3.8, 4) is 0 Å². The second-order valence-corrected chi connectivity index (χ2v) is 2.65. The summed E-state index contributed by atoms with van der Waals surface area (Å²) < 4.78 is 0. The van der Waals surface area contributed by atoms with Crippen molar-refractivity contribution < 1.29 is 0 Å². The van der Waals surface area contributed by atoms with E-state index in [1.54, 1.807) is 0 Å². The Hall–Kier alpha value is -1.98. The molecule has 0 aliphatic heterocycles. The fourth-order valence-electron chi connectivity index (χ4n) is 0.958. The molecule has 1 rings (SSSR count). The molecule has 0 fully saturated rings. The lowest BCUT2D eigenvalue weighted by Gasteiger charge is -2.03. The van der Waals surface area contributed by atoms with Crippen LogP contribution in [-0.4, -0.2) is 16.5 Å². The van der Waals surface area contributed by atoms with Gasteiger partial charge in [-0.3, -0.25) is 14.8 Å². The number of aromatic nitrogens is 2. The zero-order valence-electron chi connectivity index (χ0n) is 7.76. The summed E-state index contributed by atoms with van der Waals surface area (Å²) in [6, 6.07) is 0. The molecule has 0 aliphatic rings. The topological polar surface area (TPSA) is 104 Å². The van der Waals surface area contributed by atoms with Crippen LogP contribution >= 0.6 is 0 Å². The monoisotopic (exact) mass is 196 g/mol. The van der Waals surface area contributed by atoms with Crippen LogP contribution in [0.3, 0.4) is 0 Å². The van der Waals surface area contributed by atoms with Crippen molar-refractivity contribution in [1.82, 2.24) is 9.97 Å². The van der Waals surface area contributed by atoms with Gasteiger partial charge in [0.25, 0.3) is 5.56 Å². The molecule has 0 aliphatic carbocycles. The Morgan fingerprint density at radius 2 is 2.14 bits per heavy atom. The summed E-state index contributed by atoms with van der Waals surface area (Å²) in [6.07, 6.45) is 3.66. The lowest BCUT2D eigenvalue weighted by atomic mass is 10.4. The van der Waals surface area contributed by atoms with Crippen LogP contribution in [0.15, 0.2) is 21.7 Å². The number of anilines is 2. The minimum atomic E-state index is -0.607. The fourth-order valence-corrected chi connectivity index (χ4v) is 0.958. The number of hydrogen-bond acceptors (Lipinski definition) is 4. The van der Waals surface area contributed by atoms with Gasteiger partial charge in [0.1, 0.15) is 11.5 Å². The van der Waals surface area contributed by atoms with E-state index in [1.165, 1.54) is 0 Å². The summed E-state index contributed by atoms with van der Waals surface area (Å²) in [5.74, 6) is 0.0447. The molecule has 6 heteroatoms. The number of rotatable bonds is 3. The van der Waals surface area contributed by atoms with Crippen molar-refractivity contribution >= 4 is 11.5 Å². The highest BCUT2D eigenvalue weighted by Gasteiger charge is 2.03. The van der Waals surface area contributed by atoms with Gasteiger partial charge in [0.2, 0.25) is 0 Å². The van der Waals surface area contributed by atoms with Gasteiger partial charge in [-0.25, -0.2) is 4.79 Å². The van der Waals surface area contributed by atoms with Crippen molar-refractivity contribution in [3.05, 3.63) is 33.0 Å². The maximum Gasteiger partial charge on any atom is 0.327 e. The van der Waals surface area contributed by atoms with E-state index in [1.807, 2.05) is 19.1 Å². The molecule has 0 aromatic carbocycles. The Morgan fingerprint density at radius 3 is 2.71 bits per heavy atom. The lowest BCUT2D eigenvalue weighted by molar-refractivity contribution is 1.04. The lowest BCUT2D eigenvalue weighted by Crippen LogP contribution is -2.27. The summed E-state index contributed by atoms with van der Waals surface area (Å²) in [4.78, 5) is 26.3. The van der Waals surface area contributed by atoms with Gasteiger partial charge < -0.3 is 11.1 Å². The number of H-pyrrole nitrogens is 2. The minimum absolute atomic E-state index is 0.0447. The van der Waals surface area contributed by atoms with Gasteiger partial charge in [0, 0.05) is 6.54 Å². The van der Waals surface area contributed by atoms with E-state index in [4.69, 9.17) is 5.73 Å². The number of allylic oxidation sites excluding steroid dienone is 1. The van der Waals surface area contributed by atoms with Crippen LogP contribution in [0.1, 0.15) is 6.92 Å². The summed E-state index contributed by atoms with van der Waals surface area (Å²) in [7, 11) is 0. The molecule has 0 saturated carbocycles. The third kappa shape index (κ3) is 2.25. The first-order chi connectivity index (χ1) is 6.65. The van der Waals surface area contributed by atoms with Gasteiger partial charge >= 0.3 is 5.69 Å². The van der Waals surface area contributed by atoms with Crippen molar-refractivity contribution in [1.29, 1.82) is 0 Å². The largest absolute Gasteiger partial charge is 0.383 e. The van der Waals surface area contributed by atoms with Crippen molar-refractivity contribution in [2.75, 3.05) is 17.6 Å². The molecule has 1 heterocycles. The van der Waals surface area contributed by atoms with Crippen LogP contribution in [0.5, 0.6) is 0 Å². The molecule has 14 heavy (non-hydrogen) atoms. The second-order valence-electron chi connectivity index (χ2n) is 2.65. The number of nitrogen functional groups attached to an aromatic ring is 1. The summed E-state index contributed by atoms with van der Waals surface area (Å²) in [5, 5.41) is 2.78. The molecular weight excluding hydrogens is 184 g/mol. The summed E-state index contributed by atoms with van der Waals surface area (Å²) >= 11 is 0. The van der Waals surface area contributed by atoms with E-state index < -0.39 is 11.2 Å². The van der Waals surface area contributed by atoms with Crippen LogP contribution in [-0.2, 0) is 0 Å². The minimum Gasteiger partial charge on any atom is -0.383 e. The molecule has 0 bridgehead atoms. The number of nitrogens with two attached hydrogens (primary N) is 1. The Bertz CT molecular complexity index is 443. The molecule has 0 atom stereocenters. The van der Waals surface area contributed by atoms with Crippen LogP contribution in [0.25, 0.3) is 0 Å². The first-order valence-electron chi connectivity index (χ1n) is 4.12. The van der Waals surface area contributed by atoms with Crippen LogP contribution in [0, 0.1) is 0 Å². The SMILES string of the molecule is C/C=C/CNc1c(N)[nH]c(=O)[nH]c1=O. The smallest absolute Gasteiger partial charge is 0.327 e. The summed E-state index contributed by atoms with van der Waals surface area (Å²) in [5.41, 5.74) is 4.50. The first kappa shape index (κ1) is 10.1. The van der Waals surface area contributed by atoms with Gasteiger partial charge in [-0.1, -0.05) is 12.2 Å². The Labute approximate surface area is 79.9 Å². The molecule has 76 valence electrons. The van der Waals surface area contributed by atoms with Crippen molar-refractivity contribution in [2.45, 2.75) is 6.92 Å². The van der Waals surface area contributed by atoms with E-state index in [-0.39, 0.29) is 11.5 Å². The highest BCUT2D eigenvalue weighted by Crippen LogP contribution is 2.04. The summed E-state index contributed by atoms with van der Waals surface area (Å²) in [6.45, 7) is 2.35. The molecule has 0 radical (unpaired) electrons. The van der Waals surface area contributed by atoms with Gasteiger partial charge in [-0.2, -0.15) is 0 Å². The average molecular weight is 196 g/mol. The molecular formula is C8H12N4O2. The second kappa shape index (κ2) is 4.31. The fraction of sp³-hybridized carbons (Fsp3) is 0.250. The quantitative estimate of drug-likeness (QED) is 0.495. The van der Waals surface area contributed by atoms with Gasteiger partial charge in [0.15, 0.2) is 0 Å². The normalized spacial score (nSPS) is 10.6. The molecule has 6 nitrogen and oxygen atoms in total. The van der Waals surface area contributed by atoms with E-state index >= 15 is 0 Å². The van der Waals surface area contributed by atoms with E-state index in [2.05, 4.69) is 15.3 Å². The zero-order valence-corrected chi connectivity index (χ0v) is 7.76. The van der Waals surface area contributed by atoms with Gasteiger partial charge in [-0.05, 0) is 6.92 Å². The van der Waals surface area contributed by atoms with Crippen molar-refractivity contribution in [2.24, 2.45) is 0 Å². The third-order valence-corrected chi connectivity index (χ3v) is 1.60. The molecule has 0 saturated heterocycles. The van der Waals surface area contributed by atoms with E-state index in [0.29, 0.717) is 6.54 Å². The van der Waals surface area contributed by atoms with Crippen LogP contribution < -0.4 is 22.3 Å². The highest BCUT2D eigenvalue weighted by atomic mass is 16.2. The standard InChI is InChI=1S/C8H12N4O2/c1-2-3-4-10-5-6(9)11-8(14)12-7(5)13/h2-3,10H,4H2,1H3,(H4,9,11,12,13,14)/b3-2+. The van der Waals surface area contributed by atoms with Crippen molar-refractivity contribution in [3.63, 3.8) is 0 Å². The van der Waals surface area contributed by atoms with Gasteiger partial charge in [0.05, 0.1) is 0 Å². The highest BCUT2D eigenvalue weighted by molar-refractivity contribution is 5.59. The van der Waals surface area contributed by atoms with E-state index in [9.17, 15) is 9.59 Å². The van der Waals surface area contributed by atoms with E-state index in [0.717, 1.165) is 0 Å².